The maximum Gasteiger partial charge on any atom is 1.00 e. The fourth-order valence-electron chi connectivity index (χ4n) is 0. The molecule has 0 aliphatic carbocycles. The van der Waals surface area contributed by atoms with E-state index >= 15 is 0 Å². The number of hydrogen-bond acceptors (Lipinski definition) is 2. The Bertz CT molecular complexity index is 9.61. The van der Waals surface area contributed by atoms with Gasteiger partial charge in [0.15, 0.2) is 0 Å². The molecule has 0 saturated carbocycles. The van der Waals surface area contributed by atoms with Crippen molar-refractivity contribution in [2.45, 2.75) is 0 Å². The van der Waals surface area contributed by atoms with Crippen LogP contribution in [-0.2, 0) is 0 Å². The van der Waals surface area contributed by atoms with Crippen molar-refractivity contribution in [3.63, 3.8) is 0 Å². The van der Waals surface area contributed by atoms with Crippen molar-refractivity contribution in [1.82, 2.24) is 0 Å². The van der Waals surface area contributed by atoms with Crippen LogP contribution in [0.25, 0.3) is 0 Å². The monoisotopic (exact) mass is 103 g/mol. The molecular formula is H2BFKO2. The van der Waals surface area contributed by atoms with E-state index in [4.69, 9.17) is 10.0 Å². The van der Waals surface area contributed by atoms with E-state index < -0.39 is 0 Å². The van der Waals surface area contributed by atoms with Gasteiger partial charge in [-0.05, 0) is 0 Å². The molecule has 0 spiro atoms. The predicted molar refractivity (Wildman–Crippen MR) is 10.2 cm³/mol. The minimum absolute atomic E-state index is 0. The molecule has 5 heavy (non-hydrogen) atoms. The average molecular weight is 103 g/mol. The summed E-state index contributed by atoms with van der Waals surface area (Å²) in [4.78, 5) is 0. The molecule has 0 unspecified atom stereocenters. The molecule has 0 fully saturated rings. The summed E-state index contributed by atoms with van der Waals surface area (Å²) in [6.07, 6.45) is 0. The molecule has 0 aromatic heterocycles. The molecule has 1 radical (unpaired) electrons. The van der Waals surface area contributed by atoms with Crippen molar-refractivity contribution in [2.24, 2.45) is 0 Å². The van der Waals surface area contributed by atoms with E-state index in [9.17, 15) is 0 Å². The molecule has 0 bridgehead atoms. The normalized spacial score (nSPS) is 2.80. The summed E-state index contributed by atoms with van der Waals surface area (Å²) in [7, 11) is 0. The summed E-state index contributed by atoms with van der Waals surface area (Å²) < 4.78 is 0. The van der Waals surface area contributed by atoms with Gasteiger partial charge in [0.05, 0.1) is 0 Å². The van der Waals surface area contributed by atoms with Gasteiger partial charge in [0.1, 0.15) is 0 Å². The Morgan fingerprint density at radius 2 is 1.20 bits per heavy atom. The second kappa shape index (κ2) is 17.7. The second-order valence-electron chi connectivity index (χ2n) is 0.115. The molecule has 0 rings (SSSR count). The Hall–Kier alpha value is 1.55. The number of halogens is 1. The summed E-state index contributed by atoms with van der Waals surface area (Å²) in [6, 6.07) is 0. The third-order valence-electron chi connectivity index (χ3n) is 0. The van der Waals surface area contributed by atoms with E-state index in [1.54, 1.807) is 0 Å². The third-order valence-corrected chi connectivity index (χ3v) is 0. The molecule has 0 amide bonds. The number of rotatable bonds is 0. The van der Waals surface area contributed by atoms with Crippen LogP contribution in [0.4, 0.5) is 0 Å². The SMILES string of the molecule is O[B]O.[F-].[K+]. The minimum Gasteiger partial charge on any atom is -1.00 e. The molecule has 0 aliphatic heterocycles. The molecule has 5 heteroatoms. The summed E-state index contributed by atoms with van der Waals surface area (Å²) in [5.74, 6) is 0. The first-order chi connectivity index (χ1) is 1.41. The smallest absolute Gasteiger partial charge is 1.00 e. The Morgan fingerprint density at radius 3 is 1.20 bits per heavy atom. The van der Waals surface area contributed by atoms with E-state index in [1.165, 1.54) is 0 Å². The Kier molecular flexibility index (Phi) is 56.6. The second-order valence-corrected chi connectivity index (χ2v) is 0.115. The maximum atomic E-state index is 7.00. The summed E-state index contributed by atoms with van der Waals surface area (Å²) in [6.45, 7) is 0. The van der Waals surface area contributed by atoms with E-state index in [0.29, 0.717) is 0 Å². The summed E-state index contributed by atoms with van der Waals surface area (Å²) in [5, 5.41) is 14.0. The van der Waals surface area contributed by atoms with Gasteiger partial charge in [-0.25, -0.2) is 0 Å². The van der Waals surface area contributed by atoms with Crippen LogP contribution in [0, 0.1) is 0 Å². The first kappa shape index (κ1) is 16.0. The van der Waals surface area contributed by atoms with Crippen molar-refractivity contribution < 1.29 is 66.1 Å². The van der Waals surface area contributed by atoms with Crippen LogP contribution in [0.5, 0.6) is 0 Å². The maximum absolute atomic E-state index is 7.00. The third kappa shape index (κ3) is 29.1. The molecule has 2 N–H and O–H groups in total. The van der Waals surface area contributed by atoms with Crippen molar-refractivity contribution >= 4 is 7.69 Å². The fourth-order valence-corrected chi connectivity index (χ4v) is 0. The first-order valence-corrected chi connectivity index (χ1v) is 0.516. The van der Waals surface area contributed by atoms with Gasteiger partial charge in [-0.15, -0.1) is 0 Å². The van der Waals surface area contributed by atoms with Crippen LogP contribution >= 0.6 is 0 Å². The van der Waals surface area contributed by atoms with Gasteiger partial charge in [0.2, 0.25) is 0 Å². The van der Waals surface area contributed by atoms with Crippen molar-refractivity contribution in [3.05, 3.63) is 0 Å². The molecule has 0 atom stereocenters. The quantitative estimate of drug-likeness (QED) is 0.299. The van der Waals surface area contributed by atoms with Crippen molar-refractivity contribution in [3.8, 4) is 0 Å². The molecule has 0 aromatic carbocycles. The standard InChI is InChI=1S/BH2O2.FH.K/c2-1-3;;/h2-3H;1H;/q;;+1/p-1. The molecule has 0 saturated heterocycles. The van der Waals surface area contributed by atoms with Crippen LogP contribution in [-0.4, -0.2) is 17.7 Å². The zero-order chi connectivity index (χ0) is 2.71. The Labute approximate surface area is 72.7 Å². The number of hydrogen-bond donors (Lipinski definition) is 2. The van der Waals surface area contributed by atoms with E-state index in [0.717, 1.165) is 0 Å². The largest absolute Gasteiger partial charge is 1.00 e. The van der Waals surface area contributed by atoms with E-state index in [-0.39, 0.29) is 63.8 Å². The van der Waals surface area contributed by atoms with Gasteiger partial charge in [-0.1, -0.05) is 0 Å². The van der Waals surface area contributed by atoms with Gasteiger partial charge in [0, 0.05) is 0 Å². The molecular weight excluding hydrogens is 101 g/mol. The molecule has 0 aliphatic rings. The van der Waals surface area contributed by atoms with Crippen LogP contribution in [0.3, 0.4) is 0 Å². The van der Waals surface area contributed by atoms with Crippen molar-refractivity contribution in [2.75, 3.05) is 0 Å². The zero-order valence-electron chi connectivity index (χ0n) is 2.85. The molecule has 0 heterocycles. The average Bonchev–Trinajstić information content (AvgIpc) is 0.918. The van der Waals surface area contributed by atoms with Gasteiger partial charge >= 0.3 is 59.1 Å². The van der Waals surface area contributed by atoms with Gasteiger partial charge < -0.3 is 14.8 Å². The van der Waals surface area contributed by atoms with Crippen molar-refractivity contribution in [1.29, 1.82) is 0 Å². The van der Waals surface area contributed by atoms with Gasteiger partial charge in [-0.3, -0.25) is 0 Å². The topological polar surface area (TPSA) is 40.5 Å². The Balaban J connectivity index is -0.0000000200. The van der Waals surface area contributed by atoms with Crippen LogP contribution < -0.4 is 56.1 Å². The predicted octanol–water partition coefficient (Wildman–Crippen LogP) is -7.49. The minimum atomic E-state index is 0. The summed E-state index contributed by atoms with van der Waals surface area (Å²) >= 11 is 0. The first-order valence-electron chi connectivity index (χ1n) is 0.516. The fraction of sp³-hybridized carbons (Fsp3) is 0. The van der Waals surface area contributed by atoms with Crippen LogP contribution in [0.2, 0.25) is 0 Å². The zero-order valence-corrected chi connectivity index (χ0v) is 5.97. The van der Waals surface area contributed by atoms with E-state index in [2.05, 4.69) is 0 Å². The van der Waals surface area contributed by atoms with Crippen LogP contribution in [0.1, 0.15) is 0 Å². The Morgan fingerprint density at radius 1 is 1.20 bits per heavy atom. The molecule has 2 nitrogen and oxygen atoms in total. The molecule has 0 aromatic rings. The van der Waals surface area contributed by atoms with Crippen LogP contribution in [0.15, 0.2) is 0 Å². The van der Waals surface area contributed by atoms with Gasteiger partial charge in [0.25, 0.3) is 0 Å². The summed E-state index contributed by atoms with van der Waals surface area (Å²) in [5.41, 5.74) is 0. The van der Waals surface area contributed by atoms with E-state index in [1.807, 2.05) is 0 Å². The van der Waals surface area contributed by atoms with Gasteiger partial charge in [-0.2, -0.15) is 0 Å². The molecule has 25 valence electrons.